The maximum Gasteiger partial charge on any atom is 0.407 e. The van der Waals surface area contributed by atoms with Crippen molar-refractivity contribution < 1.29 is 57.3 Å². The Morgan fingerprint density at radius 3 is 1.78 bits per heavy atom. The van der Waals surface area contributed by atoms with E-state index in [0.29, 0.717) is 88.4 Å². The molecule has 10 N–H and O–H groups in total. The number of carbonyl (C=O) groups is 8. The van der Waals surface area contributed by atoms with Crippen LogP contribution in [0, 0.1) is 11.8 Å². The third-order valence-electron chi connectivity index (χ3n) is 14.5. The number of benzene rings is 2. The van der Waals surface area contributed by atoms with Crippen LogP contribution in [-0.2, 0) is 47.7 Å². The summed E-state index contributed by atoms with van der Waals surface area (Å²) in [6.07, 6.45) is 11.8. The summed E-state index contributed by atoms with van der Waals surface area (Å²) >= 11 is 0. The molecule has 2 fully saturated rings. The summed E-state index contributed by atoms with van der Waals surface area (Å²) < 4.78 is 20.2. The molecule has 26 nitrogen and oxygen atoms in total. The fourth-order valence-corrected chi connectivity index (χ4v) is 9.97. The molecule has 91 heavy (non-hydrogen) atoms. The fourth-order valence-electron chi connectivity index (χ4n) is 9.97. The quantitative estimate of drug-likeness (QED) is 0.0115. The van der Waals surface area contributed by atoms with Crippen LogP contribution in [0.3, 0.4) is 0 Å². The summed E-state index contributed by atoms with van der Waals surface area (Å²) in [6.45, 7) is 22.3. The molecule has 0 saturated carbocycles. The van der Waals surface area contributed by atoms with E-state index in [1.165, 1.54) is 19.2 Å². The molecule has 0 spiro atoms. The van der Waals surface area contributed by atoms with E-state index in [2.05, 4.69) is 65.5 Å². The van der Waals surface area contributed by atoms with Crippen LogP contribution < -0.4 is 48.5 Å². The van der Waals surface area contributed by atoms with Gasteiger partial charge in [0.05, 0.1) is 56.0 Å². The van der Waals surface area contributed by atoms with Gasteiger partial charge < -0.3 is 71.2 Å². The summed E-state index contributed by atoms with van der Waals surface area (Å²) in [4.78, 5) is 98.0. The number of anilines is 1. The van der Waals surface area contributed by atoms with Crippen LogP contribution in [-0.4, -0.2) is 177 Å². The highest BCUT2D eigenvalue weighted by Crippen LogP contribution is 2.33. The predicted molar refractivity (Wildman–Crippen MR) is 352 cm³/mol. The van der Waals surface area contributed by atoms with Gasteiger partial charge in [0.15, 0.2) is 0 Å². The Bertz CT molecular complexity index is 2680. The topological polar surface area (TPSA) is 338 Å². The minimum absolute atomic E-state index is 0.00898. The van der Waals surface area contributed by atoms with E-state index in [0.717, 1.165) is 73.9 Å². The molecule has 3 heterocycles. The molecule has 0 bridgehead atoms. The van der Waals surface area contributed by atoms with Crippen LogP contribution >= 0.6 is 0 Å². The number of nitrogens with two attached hydrogens (primary N) is 2. The Morgan fingerprint density at radius 1 is 0.703 bits per heavy atom. The number of hydrazine groups is 1. The summed E-state index contributed by atoms with van der Waals surface area (Å²) in [5.41, 5.74) is 10.4. The first-order valence-electron chi connectivity index (χ1n) is 31.5. The molecule has 2 aromatic carbocycles. The molecule has 2 aliphatic rings. The van der Waals surface area contributed by atoms with Crippen LogP contribution in [0.15, 0.2) is 66.6 Å². The standard InChI is InChI=1S/C51H79N13O7.C7H15NO.C5H10O2.C2H4O2/c1-34(2)31-42(58-50(69)70-8)46(65)57-41(16-9-11-27-54-6)48(67)62-30-14-18-45(62)43-33-64(60-59-43)38-25-21-36(22-26-38)35-19-23-37(24-20-35)63(53)32-39(52)44-17-13-29-61(44)47(66)40(55-7)15-10-12-28-56-49(68)71-51(3,4)5;1-6(2)4-7(5-9)8-3;1-5(2,3)7-4-6;1-4-2-3/h19-26,32-34,40-42,44-45,54-55H,9-18,27-31,52-53H2,1-8H3,(H,56,68)(H,57,65)(H,58,69);5-8H,4H2,1-3H3;4H,1-3H3;2H,1H3/b39-32-;;;. The van der Waals surface area contributed by atoms with Gasteiger partial charge in [-0.25, -0.2) is 20.1 Å². The Hall–Kier alpha value is -7.68. The second kappa shape index (κ2) is 41.7. The number of hydrogen-bond acceptors (Lipinski definition) is 20. The molecule has 510 valence electrons. The van der Waals surface area contributed by atoms with E-state index in [9.17, 15) is 33.6 Å². The van der Waals surface area contributed by atoms with Crippen LogP contribution in [0.1, 0.15) is 158 Å². The van der Waals surface area contributed by atoms with E-state index in [4.69, 9.17) is 25.8 Å². The molecule has 0 radical (unpaired) electrons. The van der Waals surface area contributed by atoms with Crippen LogP contribution in [0.2, 0.25) is 0 Å². The summed E-state index contributed by atoms with van der Waals surface area (Å²) in [6, 6.07) is 13.2. The number of aldehydes is 1. The van der Waals surface area contributed by atoms with Crippen molar-refractivity contribution in [3.05, 3.63) is 72.3 Å². The zero-order valence-electron chi connectivity index (χ0n) is 56.7. The van der Waals surface area contributed by atoms with Gasteiger partial charge in [-0.1, -0.05) is 57.2 Å². The lowest BCUT2D eigenvalue weighted by molar-refractivity contribution is -0.139. The Morgan fingerprint density at radius 2 is 1.27 bits per heavy atom. The van der Waals surface area contributed by atoms with Gasteiger partial charge in [0, 0.05) is 31.5 Å². The third kappa shape index (κ3) is 29.9. The van der Waals surface area contributed by atoms with Gasteiger partial charge in [-0.3, -0.25) is 29.0 Å². The van der Waals surface area contributed by atoms with Crippen molar-refractivity contribution in [3.8, 4) is 16.8 Å². The lowest BCUT2D eigenvalue weighted by atomic mass is 10.0. The molecule has 2 aliphatic heterocycles. The average molecular weight is 1280 g/mol. The molecule has 1 aromatic heterocycles. The smallest absolute Gasteiger partial charge is 0.407 e. The Balaban J connectivity index is 0.00000121. The molecule has 2 saturated heterocycles. The van der Waals surface area contributed by atoms with E-state index in [1.807, 2.05) is 122 Å². The number of alkyl carbamates (subject to hydrolysis) is 2. The van der Waals surface area contributed by atoms with Gasteiger partial charge >= 0.3 is 12.2 Å². The van der Waals surface area contributed by atoms with Crippen molar-refractivity contribution in [3.63, 3.8) is 0 Å². The number of ether oxygens (including phenoxy) is 4. The van der Waals surface area contributed by atoms with Crippen LogP contribution in [0.4, 0.5) is 15.3 Å². The number of rotatable bonds is 30. The highest BCUT2D eigenvalue weighted by molar-refractivity contribution is 5.91. The minimum Gasteiger partial charge on any atom is -0.471 e. The van der Waals surface area contributed by atoms with Crippen molar-refractivity contribution in [1.82, 2.24) is 56.7 Å². The van der Waals surface area contributed by atoms with Crippen molar-refractivity contribution in [1.29, 1.82) is 0 Å². The van der Waals surface area contributed by atoms with Crippen molar-refractivity contribution in [2.45, 2.75) is 194 Å². The maximum absolute atomic E-state index is 14.3. The second-order valence-electron chi connectivity index (χ2n) is 25.2. The van der Waals surface area contributed by atoms with Gasteiger partial charge in [-0.05, 0) is 194 Å². The summed E-state index contributed by atoms with van der Waals surface area (Å²) in [5, 5.41) is 28.0. The van der Waals surface area contributed by atoms with Gasteiger partial charge in [0.1, 0.15) is 35.3 Å². The lowest BCUT2D eigenvalue weighted by Crippen LogP contribution is -2.54. The molecule has 6 unspecified atom stereocenters. The van der Waals surface area contributed by atoms with Crippen molar-refractivity contribution in [2.75, 3.05) is 66.6 Å². The summed E-state index contributed by atoms with van der Waals surface area (Å²) in [7, 11) is 8.03. The molecule has 5 amide bonds. The third-order valence-corrected chi connectivity index (χ3v) is 14.5. The molecule has 26 heteroatoms. The molecule has 0 aliphatic carbocycles. The van der Waals surface area contributed by atoms with E-state index in [-0.39, 0.29) is 47.5 Å². The first-order valence-corrected chi connectivity index (χ1v) is 31.5. The Kier molecular flexibility index (Phi) is 36.4. The fraction of sp³-hybridized carbons (Fsp3) is 0.631. The van der Waals surface area contributed by atoms with Gasteiger partial charge in [-0.15, -0.1) is 5.10 Å². The maximum atomic E-state index is 14.3. The highest BCUT2D eigenvalue weighted by Gasteiger charge is 2.38. The number of likely N-dealkylation sites (tertiary alicyclic amines) is 2. The highest BCUT2D eigenvalue weighted by atomic mass is 16.6. The second-order valence-corrected chi connectivity index (χ2v) is 25.2. The SMILES string of the molecule is CC(C)(C)OC=O.CNC(C=O)CC(C)C.CNCCCCC(NC(=O)C(CC(C)C)NC(=O)OC)C(=O)N1CCCC1c1cn(-c2ccc(-c3ccc(N(N)/C=C(\N)C4CCCN4C(=O)C(CCCCNC(=O)OC(C)(C)C)NC)cc3)cc2)nn1.COC=O. The van der Waals surface area contributed by atoms with Crippen molar-refractivity contribution in [2.24, 2.45) is 23.4 Å². The van der Waals surface area contributed by atoms with Gasteiger partial charge in [0.2, 0.25) is 17.7 Å². The van der Waals surface area contributed by atoms with Gasteiger partial charge in [-0.2, -0.15) is 0 Å². The first-order chi connectivity index (χ1) is 43.1. The molecule has 6 atom stereocenters. The number of amides is 5. The van der Waals surface area contributed by atoms with Crippen LogP contribution in [0.5, 0.6) is 0 Å². The number of carbonyl (C=O) groups excluding carboxylic acids is 8. The predicted octanol–water partition coefficient (Wildman–Crippen LogP) is 6.56. The minimum atomic E-state index is -0.849. The summed E-state index contributed by atoms with van der Waals surface area (Å²) in [5.74, 6) is 6.61. The number of hydrogen-bond donors (Lipinski definition) is 8. The Labute approximate surface area is 539 Å². The van der Waals surface area contributed by atoms with E-state index >= 15 is 0 Å². The van der Waals surface area contributed by atoms with E-state index < -0.39 is 35.8 Å². The first kappa shape index (κ1) is 79.4. The number of aromatic nitrogens is 3. The number of nitrogens with one attached hydrogen (secondary N) is 6. The number of nitrogens with zero attached hydrogens (tertiary/aromatic N) is 6. The average Bonchev–Trinajstić information content (AvgIpc) is 2.20. The van der Waals surface area contributed by atoms with Crippen molar-refractivity contribution >= 4 is 54.8 Å². The molecule has 5 rings (SSSR count). The lowest BCUT2D eigenvalue weighted by Gasteiger charge is -2.30. The number of unbranched alkanes of at least 4 members (excludes halogenated alkanes) is 2. The zero-order valence-corrected chi connectivity index (χ0v) is 56.7. The van der Waals surface area contributed by atoms with Crippen LogP contribution in [0.25, 0.3) is 16.8 Å². The van der Waals surface area contributed by atoms with Gasteiger partial charge in [0.25, 0.3) is 12.9 Å². The van der Waals surface area contributed by atoms with E-state index in [1.54, 1.807) is 29.9 Å². The monoisotopic (exact) mass is 1280 g/mol. The molecule has 3 aromatic rings. The zero-order chi connectivity index (χ0) is 68.3. The number of likely N-dealkylation sites (N-methyl/N-ethyl adjacent to an activating group) is 2. The largest absolute Gasteiger partial charge is 0.471 e. The normalized spacial score (nSPS) is 16.0. The molecular formula is C65H108N14O12. The number of methoxy groups -OCH3 is 2. The molecular weight excluding hydrogens is 1170 g/mol.